The van der Waals surface area contributed by atoms with Crippen molar-refractivity contribution >= 4 is 82.5 Å². The quantitative estimate of drug-likeness (QED) is 0.122. The van der Waals surface area contributed by atoms with Crippen LogP contribution in [0.5, 0.6) is 0 Å². The molecule has 0 aliphatic carbocycles. The van der Waals surface area contributed by atoms with Crippen molar-refractivity contribution in [3.05, 3.63) is 352 Å². The van der Waals surface area contributed by atoms with E-state index in [2.05, 4.69) is 370 Å². The van der Waals surface area contributed by atoms with Crippen molar-refractivity contribution in [2.75, 3.05) is 4.90 Å². The molecule has 18 aromatic rings. The summed E-state index contributed by atoms with van der Waals surface area (Å²) < 4.78 is 7.01. The number of aromatic nitrogens is 5. The number of anilines is 3. The molecule has 0 amide bonds. The van der Waals surface area contributed by atoms with Gasteiger partial charge in [-0.05, 0) is 166 Å². The van der Waals surface area contributed by atoms with Gasteiger partial charge in [-0.25, -0.2) is 9.97 Å². The molecule has 4 heterocycles. The molecule has 0 aliphatic heterocycles. The number of fused-ring (bicyclic) bond motifs is 9. The topological polar surface area (TPSA) is 43.8 Å². The molecule has 440 valence electrons. The maximum absolute atomic E-state index is 5.55. The van der Waals surface area contributed by atoms with Gasteiger partial charge in [-0.2, -0.15) is 0 Å². The molecule has 0 fully saturated rings. The molecule has 6 heteroatoms. The van der Waals surface area contributed by atoms with Crippen LogP contribution in [0.25, 0.3) is 150 Å². The Morgan fingerprint density at radius 1 is 0.191 bits per heavy atom. The Balaban J connectivity index is 0.706. The summed E-state index contributed by atoms with van der Waals surface area (Å²) in [5.41, 5.74) is 25.2. The first-order chi connectivity index (χ1) is 46.6. The SMILES string of the molecule is c1ccc(-c2ccc(N(c3ccc(-c4ccccc4)cc3)c3ccc(-c4ccc5c(c4)c4ccccc4n5-c4cccc(-c5cc(-c6ccccc6)nc(-n6c7ccccc7c7cc(-c8ccc9c(c8)c8ccccc8n9-c8ccccc8)ccc76)n5)c4)cc3)cc2)cc1. The molecule has 0 spiro atoms. The molecule has 0 saturated carbocycles. The first-order valence-corrected chi connectivity index (χ1v) is 32.0. The molecule has 18 rings (SSSR count). The van der Waals surface area contributed by atoms with Gasteiger partial charge in [0.1, 0.15) is 0 Å². The Kier molecular flexibility index (Phi) is 13.1. The Hall–Kier alpha value is -12.6. The minimum atomic E-state index is 0.607. The molecule has 0 radical (unpaired) electrons. The lowest BCUT2D eigenvalue weighted by atomic mass is 10.0. The number of para-hydroxylation sites is 4. The van der Waals surface area contributed by atoms with Crippen LogP contribution in [0, 0.1) is 0 Å². The van der Waals surface area contributed by atoms with E-state index in [0.717, 1.165) is 106 Å². The molecule has 4 aromatic heterocycles. The Morgan fingerprint density at radius 3 is 0.968 bits per heavy atom. The van der Waals surface area contributed by atoms with Crippen LogP contribution in [0.4, 0.5) is 17.1 Å². The third-order valence-corrected chi connectivity index (χ3v) is 18.7. The van der Waals surface area contributed by atoms with E-state index in [1.54, 1.807) is 0 Å². The Labute approximate surface area is 544 Å². The van der Waals surface area contributed by atoms with Crippen molar-refractivity contribution in [2.24, 2.45) is 0 Å². The largest absolute Gasteiger partial charge is 0.311 e. The normalized spacial score (nSPS) is 11.6. The second kappa shape index (κ2) is 22.7. The summed E-state index contributed by atoms with van der Waals surface area (Å²) in [7, 11) is 0. The van der Waals surface area contributed by atoms with Crippen molar-refractivity contribution in [3.63, 3.8) is 0 Å². The van der Waals surface area contributed by atoms with Crippen molar-refractivity contribution < 1.29 is 0 Å². The predicted octanol–water partition coefficient (Wildman–Crippen LogP) is 23.2. The summed E-state index contributed by atoms with van der Waals surface area (Å²) in [4.78, 5) is 13.3. The summed E-state index contributed by atoms with van der Waals surface area (Å²) in [6, 6.07) is 127. The summed E-state index contributed by atoms with van der Waals surface area (Å²) in [6.45, 7) is 0. The van der Waals surface area contributed by atoms with Crippen LogP contribution < -0.4 is 4.90 Å². The highest BCUT2D eigenvalue weighted by Gasteiger charge is 2.22. The van der Waals surface area contributed by atoms with E-state index in [1.165, 1.54) is 54.8 Å². The van der Waals surface area contributed by atoms with Gasteiger partial charge in [0.2, 0.25) is 5.95 Å². The van der Waals surface area contributed by atoms with Crippen LogP contribution in [0.2, 0.25) is 0 Å². The lowest BCUT2D eigenvalue weighted by Gasteiger charge is -2.26. The fourth-order valence-corrected chi connectivity index (χ4v) is 14.2. The molecule has 0 N–H and O–H groups in total. The van der Waals surface area contributed by atoms with Gasteiger partial charge < -0.3 is 14.0 Å². The molecule has 0 aliphatic rings. The van der Waals surface area contributed by atoms with Crippen molar-refractivity contribution in [3.8, 4) is 84.3 Å². The third-order valence-electron chi connectivity index (χ3n) is 18.7. The maximum atomic E-state index is 5.55. The van der Waals surface area contributed by atoms with E-state index in [9.17, 15) is 0 Å². The molecule has 0 atom stereocenters. The Bertz CT molecular complexity index is 5790. The van der Waals surface area contributed by atoms with Gasteiger partial charge in [0.05, 0.1) is 44.5 Å². The van der Waals surface area contributed by atoms with Gasteiger partial charge >= 0.3 is 0 Å². The molecule has 6 nitrogen and oxygen atoms in total. The van der Waals surface area contributed by atoms with Crippen LogP contribution in [0.15, 0.2) is 352 Å². The summed E-state index contributed by atoms with van der Waals surface area (Å²) in [5.74, 6) is 0.607. The third kappa shape index (κ3) is 9.43. The van der Waals surface area contributed by atoms with Gasteiger partial charge in [-0.3, -0.25) is 4.57 Å². The number of rotatable bonds is 12. The minimum Gasteiger partial charge on any atom is -0.311 e. The summed E-state index contributed by atoms with van der Waals surface area (Å²) in [6.07, 6.45) is 0. The number of hydrogen-bond acceptors (Lipinski definition) is 3. The highest BCUT2D eigenvalue weighted by Crippen LogP contribution is 2.43. The zero-order valence-electron chi connectivity index (χ0n) is 51.2. The van der Waals surface area contributed by atoms with Gasteiger partial charge in [-0.1, -0.05) is 231 Å². The van der Waals surface area contributed by atoms with Crippen LogP contribution in [-0.2, 0) is 0 Å². The fraction of sp³-hybridized carbons (Fsp3) is 0. The zero-order chi connectivity index (χ0) is 62.1. The molecular weight excluding hydrogens is 1140 g/mol. The number of nitrogens with zero attached hydrogens (tertiary/aromatic N) is 6. The molecule has 0 unspecified atom stereocenters. The molecule has 94 heavy (non-hydrogen) atoms. The van der Waals surface area contributed by atoms with Gasteiger partial charge in [0.25, 0.3) is 0 Å². The van der Waals surface area contributed by atoms with Crippen molar-refractivity contribution in [1.82, 2.24) is 23.7 Å². The van der Waals surface area contributed by atoms with Crippen molar-refractivity contribution in [2.45, 2.75) is 0 Å². The van der Waals surface area contributed by atoms with Gasteiger partial charge in [0, 0.05) is 71.9 Å². The van der Waals surface area contributed by atoms with Crippen LogP contribution in [-0.4, -0.2) is 23.7 Å². The van der Waals surface area contributed by atoms with Crippen LogP contribution in [0.3, 0.4) is 0 Å². The van der Waals surface area contributed by atoms with E-state index in [-0.39, 0.29) is 0 Å². The van der Waals surface area contributed by atoms with E-state index in [4.69, 9.17) is 9.97 Å². The predicted molar refractivity (Wildman–Crippen MR) is 392 cm³/mol. The number of hydrogen-bond donors (Lipinski definition) is 0. The monoisotopic (exact) mass is 1200 g/mol. The van der Waals surface area contributed by atoms with E-state index in [1.807, 2.05) is 0 Å². The van der Waals surface area contributed by atoms with Gasteiger partial charge in [0.15, 0.2) is 0 Å². The molecule has 0 saturated heterocycles. The average Bonchev–Trinajstić information content (AvgIpc) is 1.60. The van der Waals surface area contributed by atoms with E-state index in [0.29, 0.717) is 5.95 Å². The highest BCUT2D eigenvalue weighted by atomic mass is 15.2. The Morgan fingerprint density at radius 2 is 0.500 bits per heavy atom. The first-order valence-electron chi connectivity index (χ1n) is 32.0. The standard InChI is InChI=1S/C88H58N6/c1-5-20-59(21-6-1)61-36-45-70(46-37-61)91(71-47-38-62(39-48-71)60-22-7-2-8-23-60)72-49-40-63(41-50-72)65-42-51-86-77(55-65)75-31-14-17-34-83(75)93(86)73-29-19-26-68(54-73)81-58-80(64-24-9-3-10-25-64)89-88(90-81)94-84-35-18-15-32-76(84)79-57-67(44-53-87(79)94)66-43-52-85-78(56-66)74-30-13-16-33-82(74)92(85)69-27-11-4-12-28-69/h1-58H. The minimum absolute atomic E-state index is 0.607. The maximum Gasteiger partial charge on any atom is 0.235 e. The van der Waals surface area contributed by atoms with Crippen LogP contribution >= 0.6 is 0 Å². The zero-order valence-corrected chi connectivity index (χ0v) is 51.2. The second-order valence-corrected chi connectivity index (χ2v) is 24.2. The lowest BCUT2D eigenvalue weighted by molar-refractivity contribution is 0.995. The van der Waals surface area contributed by atoms with E-state index >= 15 is 0 Å². The smallest absolute Gasteiger partial charge is 0.235 e. The second-order valence-electron chi connectivity index (χ2n) is 24.2. The summed E-state index contributed by atoms with van der Waals surface area (Å²) >= 11 is 0. The lowest BCUT2D eigenvalue weighted by Crippen LogP contribution is -2.09. The summed E-state index contributed by atoms with van der Waals surface area (Å²) in [5, 5.41) is 7.10. The highest BCUT2D eigenvalue weighted by molar-refractivity contribution is 6.13. The average molecular weight is 1200 g/mol. The molecular formula is C88H58N6. The van der Waals surface area contributed by atoms with E-state index < -0.39 is 0 Å². The molecule has 0 bridgehead atoms. The first kappa shape index (κ1) is 54.3. The van der Waals surface area contributed by atoms with Crippen molar-refractivity contribution in [1.29, 1.82) is 0 Å². The molecule has 14 aromatic carbocycles. The fourth-order valence-electron chi connectivity index (χ4n) is 14.2. The number of benzene rings is 14. The van der Waals surface area contributed by atoms with Gasteiger partial charge in [-0.15, -0.1) is 0 Å². The van der Waals surface area contributed by atoms with Crippen LogP contribution in [0.1, 0.15) is 0 Å².